The Morgan fingerprint density at radius 1 is 0.247 bits per heavy atom. The topological polar surface area (TPSA) is 0 Å². The van der Waals surface area contributed by atoms with Crippen LogP contribution in [0.5, 0.6) is 0 Å². The molecule has 0 spiro atoms. The molecule has 0 amide bonds. The second-order valence-electron chi connectivity index (χ2n) is 22.3. The quantitative estimate of drug-likeness (QED) is 0.0751. The molecule has 0 nitrogen and oxygen atoms in total. The fourth-order valence-electron chi connectivity index (χ4n) is 11.2. The van der Waals surface area contributed by atoms with Gasteiger partial charge in [0.25, 0.3) is 0 Å². The van der Waals surface area contributed by atoms with E-state index in [1.54, 1.807) is 0 Å². The van der Waals surface area contributed by atoms with E-state index >= 15 is 0 Å². The fraction of sp³-hybridized carbons (Fsp3) is 0.0337. The Hall–Kier alpha value is -7.91. The number of rotatable bonds is 18. The predicted octanol–water partition coefficient (Wildman–Crippen LogP) is 18.7. The van der Waals surface area contributed by atoms with Crippen molar-refractivity contribution in [1.82, 2.24) is 0 Å². The van der Waals surface area contributed by atoms with Gasteiger partial charge >= 0.3 is 588 Å². The van der Waals surface area contributed by atoms with Gasteiger partial charge in [-0.25, -0.2) is 0 Å². The summed E-state index contributed by atoms with van der Waals surface area (Å²) in [4.78, 5) is 0. The summed E-state index contributed by atoms with van der Waals surface area (Å²) in [6.45, 7) is 4.00. The van der Waals surface area contributed by atoms with Crippen molar-refractivity contribution in [3.8, 4) is 0 Å². The molecule has 0 aliphatic rings. The molecular weight excluding hydrogens is 1560 g/mol. The van der Waals surface area contributed by atoms with Gasteiger partial charge in [-0.15, -0.1) is 0 Å². The van der Waals surface area contributed by atoms with Crippen LogP contribution in [0, 0.1) is 0 Å². The van der Waals surface area contributed by atoms with Crippen molar-refractivity contribution in [3.63, 3.8) is 0 Å². The van der Waals surface area contributed by atoms with Gasteiger partial charge in [0, 0.05) is 0 Å². The molecule has 0 unspecified atom stereocenters. The maximum atomic E-state index is 4.00. The van der Waals surface area contributed by atoms with E-state index in [0.717, 1.165) is 0 Å². The van der Waals surface area contributed by atoms with Crippen LogP contribution in [0.3, 0.4) is 0 Å². The van der Waals surface area contributed by atoms with Gasteiger partial charge in [0.05, 0.1) is 0 Å². The molecule has 14 aromatic rings. The molecule has 14 rings (SSSR count). The van der Waals surface area contributed by atoms with Gasteiger partial charge in [0.2, 0.25) is 0 Å². The van der Waals surface area contributed by atoms with Crippen molar-refractivity contribution in [2.45, 2.75) is 13.1 Å². The summed E-state index contributed by atoms with van der Waals surface area (Å²) >= 11 is -7.18. The van der Waals surface area contributed by atoms with Crippen LogP contribution in [0.15, 0.2) is 393 Å². The van der Waals surface area contributed by atoms with Crippen molar-refractivity contribution in [2.24, 2.45) is 0 Å². The molecule has 0 heterocycles. The molecule has 0 saturated heterocycles. The summed E-state index contributed by atoms with van der Waals surface area (Å²) in [5.41, 5.74) is 8.32. The van der Waals surface area contributed by atoms with E-state index in [9.17, 15) is 0 Å². The number of fused-ring (bicyclic) bond motifs is 3. The van der Waals surface area contributed by atoms with Crippen LogP contribution in [-0.2, 0) is 13.1 Å². The molecule has 0 aliphatic carbocycles. The molecule has 0 fully saturated rings. The van der Waals surface area contributed by atoms with Gasteiger partial charge in [-0.1, -0.05) is 0 Å². The average molecular weight is 1630 g/mol. The Morgan fingerprint density at radius 2 is 0.495 bits per heavy atom. The summed E-state index contributed by atoms with van der Waals surface area (Å²) in [6, 6.07) is 133. The molecule has 4 heteroatoms. The monoisotopic (exact) mass is 1630 g/mol. The van der Waals surface area contributed by atoms with Gasteiger partial charge in [-0.05, 0) is 0 Å². The number of benzene rings is 14. The van der Waals surface area contributed by atoms with Crippen molar-refractivity contribution < 1.29 is 0 Å². The summed E-state index contributed by atoms with van der Waals surface area (Å²) in [6.07, 6.45) is 6.77. The third-order valence-electron chi connectivity index (χ3n) is 15.7. The Labute approximate surface area is 581 Å². The van der Waals surface area contributed by atoms with Gasteiger partial charge in [-0.2, -0.15) is 0 Å². The molecule has 14 aromatic carbocycles. The van der Waals surface area contributed by atoms with Crippen LogP contribution in [0.4, 0.5) is 0 Å². The number of hydrogen-bond donors (Lipinski definition) is 0. The Morgan fingerprint density at radius 3 is 0.785 bits per heavy atom. The van der Waals surface area contributed by atoms with Gasteiger partial charge < -0.3 is 0 Å². The molecule has 0 saturated carbocycles. The normalized spacial score (nSPS) is 11.2. The van der Waals surface area contributed by atoms with Gasteiger partial charge in [0.15, 0.2) is 0 Å². The van der Waals surface area contributed by atoms with E-state index in [4.69, 9.17) is 0 Å². The molecule has 0 N–H and O–H groups in total. The number of hydrogen-bond acceptors (Lipinski definition) is 0. The third kappa shape index (κ3) is 20.1. The first-order valence-electron chi connectivity index (χ1n) is 31.7. The molecule has 0 bridgehead atoms. The van der Waals surface area contributed by atoms with E-state index in [2.05, 4.69) is 411 Å². The van der Waals surface area contributed by atoms with Crippen LogP contribution in [0.1, 0.15) is 33.4 Å². The standard InChI is InChI=1S/3C10H7.3C8H7.3C7H7.2C6H5.C2H3.4Sb/c3*1-2-6-10-8-4-3-7-9(10)5-1;3*1-2-8-6-4-3-5-7-8;3*1-7-5-3-2-4-6-7;2*1-2-4-6-5-3-1;1-2;;;;/h3*1-7H;3*1-7H;3*2-6H,1H2;2*1-5H;1H,2H2;;;;. The van der Waals surface area contributed by atoms with E-state index in [-0.39, 0.29) is 0 Å². The molecule has 0 atom stereocenters. The summed E-state index contributed by atoms with van der Waals surface area (Å²) in [5, 5.41) is 8.18. The summed E-state index contributed by atoms with van der Waals surface area (Å²) < 4.78 is 20.9. The first kappa shape index (κ1) is 66.5. The SMILES string of the molecule is C(=[CH][Sb]([CH]=Cc1ccccc1)[CH]=Cc1ccccc1)c1ccccc1.C=[CH][Sb]([c]1ccccc1)[c]1ccccc1.c1ccc([CH2][Sb]([CH2]c2ccccc2)[CH2]c2ccccc2)cc1.c1ccc2[c]([Sb]([c]3cccc4ccccc34)[c]3cccc4ccccc34)cccc2c1. The van der Waals surface area contributed by atoms with Crippen molar-refractivity contribution >= 4 is 149 Å². The van der Waals surface area contributed by atoms with Crippen LogP contribution < -0.4 is 17.6 Å². The van der Waals surface area contributed by atoms with Crippen molar-refractivity contribution in [2.75, 3.05) is 0 Å². The zero-order chi connectivity index (χ0) is 63.3. The molecule has 0 aromatic heterocycles. The van der Waals surface area contributed by atoms with Crippen molar-refractivity contribution in [1.29, 1.82) is 0 Å². The Bertz CT molecular complexity index is 4140. The third-order valence-corrected chi connectivity index (χ3v) is 40.3. The van der Waals surface area contributed by atoms with Crippen LogP contribution in [-0.4, -0.2) is 80.8 Å². The van der Waals surface area contributed by atoms with E-state index in [1.807, 2.05) is 0 Å². The summed E-state index contributed by atoms with van der Waals surface area (Å²) in [7, 11) is 0. The Kier molecular flexibility index (Phi) is 26.1. The first-order valence-corrected chi connectivity index (χ1v) is 49.4. The molecule has 452 valence electrons. The first-order chi connectivity index (χ1) is 46.1. The zero-order valence-electron chi connectivity index (χ0n) is 52.4. The van der Waals surface area contributed by atoms with E-state index < -0.39 is 80.8 Å². The molecular formula is C89H76Sb4. The minimum absolute atomic E-state index is 1.26. The summed E-state index contributed by atoms with van der Waals surface area (Å²) in [5.74, 6) is 0. The average Bonchev–Trinajstić information content (AvgIpc) is 0.799. The van der Waals surface area contributed by atoms with Gasteiger partial charge in [-0.3, -0.25) is 0 Å². The maximum absolute atomic E-state index is 4.00. The molecule has 0 radical (unpaired) electrons. The molecule has 0 aliphatic heterocycles. The van der Waals surface area contributed by atoms with Crippen molar-refractivity contribution in [3.05, 3.63) is 426 Å². The molecule has 93 heavy (non-hydrogen) atoms. The predicted molar refractivity (Wildman–Crippen MR) is 413 cm³/mol. The van der Waals surface area contributed by atoms with Gasteiger partial charge in [0.1, 0.15) is 0 Å². The van der Waals surface area contributed by atoms with Crippen LogP contribution in [0.25, 0.3) is 50.5 Å². The van der Waals surface area contributed by atoms with Crippen LogP contribution in [0.2, 0.25) is 0 Å². The second kappa shape index (κ2) is 36.5. The van der Waals surface area contributed by atoms with Crippen LogP contribution >= 0.6 is 0 Å². The fourth-order valence-corrected chi connectivity index (χ4v) is 35.1. The van der Waals surface area contributed by atoms with E-state index in [0.29, 0.717) is 0 Å². The van der Waals surface area contributed by atoms with E-state index in [1.165, 1.54) is 96.4 Å². The zero-order valence-corrected chi connectivity index (χ0v) is 62.6. The second-order valence-corrected chi connectivity index (χ2v) is 46.1. The Balaban J connectivity index is 0.000000131. The minimum atomic E-state index is -2.37.